The summed E-state index contributed by atoms with van der Waals surface area (Å²) in [5.74, 6) is 0.166. The fourth-order valence-electron chi connectivity index (χ4n) is 3.03. The number of carbonyl (C=O) groups is 1. The highest BCUT2D eigenvalue weighted by Crippen LogP contribution is 2.31. The Morgan fingerprint density at radius 3 is 2.33 bits per heavy atom. The third kappa shape index (κ3) is 4.22. The second kappa shape index (κ2) is 7.56. The minimum atomic E-state index is -3.45. The van der Waals surface area contributed by atoms with Crippen molar-refractivity contribution < 1.29 is 22.7 Å². The van der Waals surface area contributed by atoms with Crippen LogP contribution in [0.25, 0.3) is 17.2 Å². The molecule has 0 saturated carbocycles. The molecule has 3 rings (SSSR count). The van der Waals surface area contributed by atoms with Gasteiger partial charge in [0.05, 0.1) is 23.9 Å². The van der Waals surface area contributed by atoms with E-state index in [-0.39, 0.29) is 23.2 Å². The average Bonchev–Trinajstić information content (AvgIpc) is 2.77. The Balaban J connectivity index is 2.03. The molecule has 1 heterocycles. The van der Waals surface area contributed by atoms with Crippen LogP contribution in [0, 0.1) is 0 Å². The van der Waals surface area contributed by atoms with E-state index >= 15 is 0 Å². The zero-order valence-electron chi connectivity index (χ0n) is 15.6. The van der Waals surface area contributed by atoms with E-state index in [0.29, 0.717) is 11.1 Å². The summed E-state index contributed by atoms with van der Waals surface area (Å²) in [6, 6.07) is 12.8. The first-order valence-corrected chi connectivity index (χ1v) is 10.4. The van der Waals surface area contributed by atoms with Crippen molar-refractivity contribution in [1.82, 2.24) is 0 Å². The molecule has 0 aliphatic carbocycles. The van der Waals surface area contributed by atoms with Gasteiger partial charge in [0.25, 0.3) is 0 Å². The van der Waals surface area contributed by atoms with E-state index in [1.807, 2.05) is 38.1 Å². The van der Waals surface area contributed by atoms with Gasteiger partial charge in [-0.15, -0.1) is 0 Å². The Morgan fingerprint density at radius 1 is 1.04 bits per heavy atom. The van der Waals surface area contributed by atoms with Gasteiger partial charge in [-0.2, -0.15) is 0 Å². The highest BCUT2D eigenvalue weighted by atomic mass is 32.2. The van der Waals surface area contributed by atoms with Crippen molar-refractivity contribution in [3.05, 3.63) is 53.6 Å². The first-order valence-electron chi connectivity index (χ1n) is 8.73. The lowest BCUT2D eigenvalue weighted by Gasteiger charge is -2.11. The van der Waals surface area contributed by atoms with Crippen LogP contribution in [0.4, 0.5) is 0 Å². The Kier molecular flexibility index (Phi) is 5.37. The average molecular weight is 386 g/mol. The van der Waals surface area contributed by atoms with Crippen LogP contribution in [0.3, 0.4) is 0 Å². The SMILES string of the molecule is COC(=O)C1=Cc2cc(-c3ccc(OC(C)C)cc3)ccc2S(=O)(=O)CC1. The minimum Gasteiger partial charge on any atom is -0.491 e. The van der Waals surface area contributed by atoms with Crippen LogP contribution in [0.1, 0.15) is 25.8 Å². The number of benzene rings is 2. The number of methoxy groups -OCH3 is 1. The maximum absolute atomic E-state index is 12.5. The van der Waals surface area contributed by atoms with Crippen LogP contribution >= 0.6 is 0 Å². The highest BCUT2D eigenvalue weighted by molar-refractivity contribution is 7.91. The van der Waals surface area contributed by atoms with Gasteiger partial charge >= 0.3 is 5.97 Å². The predicted octanol–water partition coefficient (Wildman–Crippen LogP) is 3.87. The van der Waals surface area contributed by atoms with Crippen LogP contribution in [-0.4, -0.2) is 33.4 Å². The van der Waals surface area contributed by atoms with Gasteiger partial charge in [0.15, 0.2) is 9.84 Å². The summed E-state index contributed by atoms with van der Waals surface area (Å²) in [6.45, 7) is 3.93. The molecule has 1 aliphatic rings. The van der Waals surface area contributed by atoms with Gasteiger partial charge in [-0.1, -0.05) is 18.2 Å². The molecule has 1 aliphatic heterocycles. The molecule has 0 atom stereocenters. The maximum atomic E-state index is 12.5. The quantitative estimate of drug-likeness (QED) is 0.746. The summed E-state index contributed by atoms with van der Waals surface area (Å²) in [5.41, 5.74) is 2.66. The van der Waals surface area contributed by atoms with E-state index in [0.717, 1.165) is 16.9 Å². The molecule has 0 radical (unpaired) electrons. The smallest absolute Gasteiger partial charge is 0.333 e. The molecule has 5 nitrogen and oxygen atoms in total. The van der Waals surface area contributed by atoms with E-state index in [1.54, 1.807) is 24.3 Å². The molecule has 0 N–H and O–H groups in total. The zero-order chi connectivity index (χ0) is 19.6. The van der Waals surface area contributed by atoms with E-state index in [4.69, 9.17) is 9.47 Å². The summed E-state index contributed by atoms with van der Waals surface area (Å²) in [5, 5.41) is 0. The second-order valence-electron chi connectivity index (χ2n) is 6.67. The van der Waals surface area contributed by atoms with Crippen LogP contribution in [0.5, 0.6) is 5.75 Å². The summed E-state index contributed by atoms with van der Waals surface area (Å²) in [6.07, 6.45) is 1.85. The fraction of sp³-hybridized carbons (Fsp3) is 0.286. The normalized spacial score (nSPS) is 15.5. The zero-order valence-corrected chi connectivity index (χ0v) is 16.4. The summed E-state index contributed by atoms with van der Waals surface area (Å²) in [7, 11) is -2.16. The minimum absolute atomic E-state index is 0.0930. The molecule has 6 heteroatoms. The summed E-state index contributed by atoms with van der Waals surface area (Å²) < 4.78 is 35.5. The maximum Gasteiger partial charge on any atom is 0.333 e. The molecule has 0 unspecified atom stereocenters. The molecule has 27 heavy (non-hydrogen) atoms. The Labute approximate surface area is 159 Å². The van der Waals surface area contributed by atoms with Crippen LogP contribution in [0.2, 0.25) is 0 Å². The van der Waals surface area contributed by atoms with Gasteiger partial charge in [0.2, 0.25) is 0 Å². The molecule has 0 saturated heterocycles. The highest BCUT2D eigenvalue weighted by Gasteiger charge is 2.25. The third-order valence-corrected chi connectivity index (χ3v) is 6.11. The number of hydrogen-bond acceptors (Lipinski definition) is 5. The van der Waals surface area contributed by atoms with Crippen LogP contribution in [0.15, 0.2) is 52.9 Å². The number of fused-ring (bicyclic) bond motifs is 1. The van der Waals surface area contributed by atoms with Crippen molar-refractivity contribution in [2.24, 2.45) is 0 Å². The van der Waals surface area contributed by atoms with Crippen molar-refractivity contribution in [2.75, 3.05) is 12.9 Å². The Morgan fingerprint density at radius 2 is 1.70 bits per heavy atom. The van der Waals surface area contributed by atoms with E-state index in [1.165, 1.54) is 7.11 Å². The van der Waals surface area contributed by atoms with Gasteiger partial charge < -0.3 is 9.47 Å². The number of hydrogen-bond donors (Lipinski definition) is 0. The lowest BCUT2D eigenvalue weighted by Crippen LogP contribution is -2.10. The van der Waals surface area contributed by atoms with Gasteiger partial charge in [0, 0.05) is 5.57 Å². The molecule has 2 aromatic rings. The topological polar surface area (TPSA) is 69.7 Å². The fourth-order valence-corrected chi connectivity index (χ4v) is 4.49. The third-order valence-electron chi connectivity index (χ3n) is 4.32. The molecular weight excluding hydrogens is 364 g/mol. The van der Waals surface area contributed by atoms with Gasteiger partial charge in [0.1, 0.15) is 5.75 Å². The van der Waals surface area contributed by atoms with Gasteiger partial charge in [-0.25, -0.2) is 13.2 Å². The van der Waals surface area contributed by atoms with Crippen molar-refractivity contribution in [1.29, 1.82) is 0 Å². The monoisotopic (exact) mass is 386 g/mol. The Hall–Kier alpha value is -2.60. The Bertz CT molecular complexity index is 986. The van der Waals surface area contributed by atoms with Crippen molar-refractivity contribution >= 4 is 21.9 Å². The molecule has 0 aromatic heterocycles. The number of carbonyl (C=O) groups excluding carboxylic acids is 1. The summed E-state index contributed by atoms with van der Waals surface area (Å²) in [4.78, 5) is 12.2. The van der Waals surface area contributed by atoms with E-state index in [2.05, 4.69) is 0 Å². The molecule has 0 amide bonds. The lowest BCUT2D eigenvalue weighted by molar-refractivity contribution is -0.136. The predicted molar refractivity (Wildman–Crippen MR) is 104 cm³/mol. The van der Waals surface area contributed by atoms with E-state index < -0.39 is 15.8 Å². The molecule has 2 aromatic carbocycles. The van der Waals surface area contributed by atoms with Crippen molar-refractivity contribution in [2.45, 2.75) is 31.3 Å². The first-order chi connectivity index (χ1) is 12.8. The van der Waals surface area contributed by atoms with Crippen LogP contribution < -0.4 is 4.74 Å². The van der Waals surface area contributed by atoms with E-state index in [9.17, 15) is 13.2 Å². The number of rotatable bonds is 4. The largest absolute Gasteiger partial charge is 0.491 e. The number of esters is 1. The molecule has 0 spiro atoms. The molecular formula is C21H22O5S. The van der Waals surface area contributed by atoms with Crippen LogP contribution in [-0.2, 0) is 19.4 Å². The van der Waals surface area contributed by atoms with Crippen molar-refractivity contribution in [3.8, 4) is 16.9 Å². The molecule has 0 bridgehead atoms. The summed E-state index contributed by atoms with van der Waals surface area (Å²) >= 11 is 0. The first kappa shape index (κ1) is 19.2. The molecule has 0 fully saturated rings. The standard InChI is InChI=1S/C21H22O5S/c1-14(2)26-19-7-4-15(5-8-19)16-6-9-20-18(12-16)13-17(21(22)25-3)10-11-27(20,23)24/h4-9,12-14H,10-11H2,1-3H3. The van der Waals surface area contributed by atoms with Crippen molar-refractivity contribution in [3.63, 3.8) is 0 Å². The number of ether oxygens (including phenoxy) is 2. The second-order valence-corrected chi connectivity index (χ2v) is 8.75. The van der Waals surface area contributed by atoms with Gasteiger partial charge in [-0.3, -0.25) is 0 Å². The van der Waals surface area contributed by atoms with Gasteiger partial charge in [-0.05, 0) is 67.3 Å². The number of sulfone groups is 1. The molecule has 142 valence electrons. The lowest BCUT2D eigenvalue weighted by atomic mass is 10.0.